The molecule has 1 saturated heterocycles. The van der Waals surface area contributed by atoms with E-state index in [0.717, 1.165) is 23.3 Å². The highest BCUT2D eigenvalue weighted by Crippen LogP contribution is 2.41. The first-order valence-electron chi connectivity index (χ1n) is 10.3. The number of nitrogens with one attached hydrogen (secondary N) is 2. The lowest BCUT2D eigenvalue weighted by molar-refractivity contribution is -0.135. The summed E-state index contributed by atoms with van der Waals surface area (Å²) < 4.78 is 0. The van der Waals surface area contributed by atoms with Crippen molar-refractivity contribution in [2.45, 2.75) is 50.6 Å². The molecule has 0 bridgehead atoms. The number of carbonyl (C=O) groups excluding carboxylic acids is 3. The Kier molecular flexibility index (Phi) is 4.88. The number of amides is 4. The predicted octanol–water partition coefficient (Wildman–Crippen LogP) is 3.38. The summed E-state index contributed by atoms with van der Waals surface area (Å²) in [6.07, 6.45) is 1.77. The summed E-state index contributed by atoms with van der Waals surface area (Å²) in [5.41, 5.74) is 1.91. The number of imide groups is 1. The molecule has 2 aromatic carbocycles. The average Bonchev–Trinajstić information content (AvgIpc) is 2.95. The normalized spacial score (nSPS) is 24.9. The summed E-state index contributed by atoms with van der Waals surface area (Å²) in [7, 11) is 0. The third-order valence-electron chi connectivity index (χ3n) is 6.39. The molecule has 1 aliphatic heterocycles. The van der Waals surface area contributed by atoms with E-state index >= 15 is 0 Å². The molecule has 4 rings (SSSR count). The fraction of sp³-hybridized carbons (Fsp3) is 0.375. The van der Waals surface area contributed by atoms with Gasteiger partial charge in [0.15, 0.2) is 0 Å². The number of fused-ring (bicyclic) bond motifs is 1. The van der Waals surface area contributed by atoms with Gasteiger partial charge >= 0.3 is 6.03 Å². The Morgan fingerprint density at radius 3 is 2.47 bits per heavy atom. The van der Waals surface area contributed by atoms with Crippen LogP contribution in [0.1, 0.15) is 56.3 Å². The van der Waals surface area contributed by atoms with Gasteiger partial charge in [0, 0.05) is 0 Å². The maximum atomic E-state index is 13.0. The molecule has 2 N–H and O–H groups in total. The van der Waals surface area contributed by atoms with Crippen molar-refractivity contribution in [3.8, 4) is 0 Å². The number of carbonyl (C=O) groups is 3. The van der Waals surface area contributed by atoms with Crippen molar-refractivity contribution in [3.05, 3.63) is 71.3 Å². The van der Waals surface area contributed by atoms with Crippen molar-refractivity contribution in [2.75, 3.05) is 6.54 Å². The summed E-state index contributed by atoms with van der Waals surface area (Å²) in [4.78, 5) is 39.3. The van der Waals surface area contributed by atoms with Crippen molar-refractivity contribution >= 4 is 17.8 Å². The van der Waals surface area contributed by atoms with E-state index < -0.39 is 17.5 Å². The van der Waals surface area contributed by atoms with Crippen LogP contribution in [0.25, 0.3) is 0 Å². The van der Waals surface area contributed by atoms with Crippen LogP contribution in [-0.4, -0.2) is 29.3 Å². The van der Waals surface area contributed by atoms with E-state index in [2.05, 4.69) is 30.5 Å². The Balaban J connectivity index is 1.49. The van der Waals surface area contributed by atoms with Crippen LogP contribution >= 0.6 is 0 Å². The third-order valence-corrected chi connectivity index (χ3v) is 6.39. The van der Waals surface area contributed by atoms with Crippen molar-refractivity contribution in [3.63, 3.8) is 0 Å². The molecule has 0 saturated carbocycles. The highest BCUT2D eigenvalue weighted by Gasteiger charge is 2.49. The molecule has 30 heavy (non-hydrogen) atoms. The Morgan fingerprint density at radius 1 is 1.07 bits per heavy atom. The van der Waals surface area contributed by atoms with E-state index in [1.807, 2.05) is 36.4 Å². The Hall–Kier alpha value is -3.15. The lowest BCUT2D eigenvalue weighted by Crippen LogP contribution is -2.44. The lowest BCUT2D eigenvalue weighted by atomic mass is 9.71. The molecule has 0 radical (unpaired) electrons. The van der Waals surface area contributed by atoms with Crippen molar-refractivity contribution < 1.29 is 14.4 Å². The first-order chi connectivity index (χ1) is 14.2. The van der Waals surface area contributed by atoms with E-state index in [9.17, 15) is 14.4 Å². The topological polar surface area (TPSA) is 78.5 Å². The lowest BCUT2D eigenvalue weighted by Gasteiger charge is -2.37. The van der Waals surface area contributed by atoms with Gasteiger partial charge in [0.2, 0.25) is 5.91 Å². The summed E-state index contributed by atoms with van der Waals surface area (Å²) in [6.45, 7) is 5.79. The first kappa shape index (κ1) is 20.1. The van der Waals surface area contributed by atoms with Crippen LogP contribution in [0.3, 0.4) is 0 Å². The molecule has 1 fully saturated rings. The minimum absolute atomic E-state index is 0.0557. The van der Waals surface area contributed by atoms with E-state index in [-0.39, 0.29) is 23.9 Å². The number of hydrogen-bond donors (Lipinski definition) is 2. The Labute approximate surface area is 176 Å². The SMILES string of the molecule is CC1(C)CCC(NC(=O)CN2C(=O)NC(C)(c3ccccc3)C2=O)c2ccccc21. The van der Waals surface area contributed by atoms with Crippen LogP contribution in [-0.2, 0) is 20.5 Å². The van der Waals surface area contributed by atoms with Crippen LogP contribution in [0.5, 0.6) is 0 Å². The van der Waals surface area contributed by atoms with Crippen molar-refractivity contribution in [1.82, 2.24) is 15.5 Å². The third kappa shape index (κ3) is 3.36. The van der Waals surface area contributed by atoms with Crippen molar-refractivity contribution in [2.24, 2.45) is 0 Å². The zero-order valence-electron chi connectivity index (χ0n) is 17.6. The molecule has 6 nitrogen and oxygen atoms in total. The van der Waals surface area contributed by atoms with Gasteiger partial charge in [-0.3, -0.25) is 14.5 Å². The minimum Gasteiger partial charge on any atom is -0.348 e. The smallest absolute Gasteiger partial charge is 0.325 e. The standard InChI is InChI=1S/C24H27N3O3/c1-23(2)14-13-19(17-11-7-8-12-18(17)23)25-20(28)15-27-21(29)24(3,26-22(27)30)16-9-5-4-6-10-16/h4-12,19H,13-15H2,1-3H3,(H,25,28)(H,26,30). The summed E-state index contributed by atoms with van der Waals surface area (Å²) >= 11 is 0. The Bertz CT molecular complexity index is 1000. The fourth-order valence-electron chi connectivity index (χ4n) is 4.55. The van der Waals surface area contributed by atoms with Gasteiger partial charge in [0.1, 0.15) is 12.1 Å². The maximum Gasteiger partial charge on any atom is 0.325 e. The van der Waals surface area contributed by atoms with E-state index in [4.69, 9.17) is 0 Å². The zero-order valence-corrected chi connectivity index (χ0v) is 17.6. The zero-order chi connectivity index (χ0) is 21.5. The fourth-order valence-corrected chi connectivity index (χ4v) is 4.55. The molecule has 2 unspecified atom stereocenters. The molecule has 156 valence electrons. The summed E-state index contributed by atoms with van der Waals surface area (Å²) in [5, 5.41) is 5.77. The molecule has 0 spiro atoms. The second kappa shape index (κ2) is 7.27. The number of rotatable bonds is 4. The van der Waals surface area contributed by atoms with Gasteiger partial charge in [-0.15, -0.1) is 0 Å². The molecular weight excluding hydrogens is 378 g/mol. The second-order valence-corrected chi connectivity index (χ2v) is 8.94. The van der Waals surface area contributed by atoms with Gasteiger partial charge in [0.05, 0.1) is 6.04 Å². The van der Waals surface area contributed by atoms with Crippen LogP contribution < -0.4 is 10.6 Å². The van der Waals surface area contributed by atoms with Gasteiger partial charge in [-0.2, -0.15) is 0 Å². The van der Waals surface area contributed by atoms with Crippen LogP contribution in [0, 0.1) is 0 Å². The molecule has 0 aromatic heterocycles. The van der Waals surface area contributed by atoms with E-state index in [1.54, 1.807) is 19.1 Å². The number of nitrogens with zero attached hydrogens (tertiary/aromatic N) is 1. The number of urea groups is 1. The molecule has 1 aliphatic carbocycles. The minimum atomic E-state index is -1.17. The quantitative estimate of drug-likeness (QED) is 0.766. The van der Waals surface area contributed by atoms with Crippen LogP contribution in [0.2, 0.25) is 0 Å². The number of benzene rings is 2. The van der Waals surface area contributed by atoms with Gasteiger partial charge in [-0.1, -0.05) is 68.4 Å². The van der Waals surface area contributed by atoms with E-state index in [0.29, 0.717) is 5.56 Å². The van der Waals surface area contributed by atoms with Gasteiger partial charge < -0.3 is 10.6 Å². The molecule has 6 heteroatoms. The van der Waals surface area contributed by atoms with Crippen LogP contribution in [0.4, 0.5) is 4.79 Å². The molecule has 2 aromatic rings. The van der Waals surface area contributed by atoms with Crippen LogP contribution in [0.15, 0.2) is 54.6 Å². The first-order valence-corrected chi connectivity index (χ1v) is 10.3. The summed E-state index contributed by atoms with van der Waals surface area (Å²) in [6, 6.07) is 16.5. The summed E-state index contributed by atoms with van der Waals surface area (Å²) in [5.74, 6) is -0.755. The molecule has 2 aliphatic rings. The van der Waals surface area contributed by atoms with E-state index in [1.165, 1.54) is 5.56 Å². The monoisotopic (exact) mass is 405 g/mol. The highest BCUT2D eigenvalue weighted by atomic mass is 16.2. The predicted molar refractivity (Wildman–Crippen MR) is 114 cm³/mol. The van der Waals surface area contributed by atoms with Crippen molar-refractivity contribution in [1.29, 1.82) is 0 Å². The van der Waals surface area contributed by atoms with Gasteiger partial charge in [0.25, 0.3) is 5.91 Å². The molecular formula is C24H27N3O3. The second-order valence-electron chi connectivity index (χ2n) is 8.94. The van der Waals surface area contributed by atoms with Gasteiger partial charge in [-0.25, -0.2) is 4.79 Å². The maximum absolute atomic E-state index is 13.0. The molecule has 1 heterocycles. The molecule has 4 amide bonds. The number of hydrogen-bond acceptors (Lipinski definition) is 3. The highest BCUT2D eigenvalue weighted by molar-refractivity contribution is 6.09. The average molecular weight is 405 g/mol. The largest absolute Gasteiger partial charge is 0.348 e. The Morgan fingerprint density at radius 2 is 1.73 bits per heavy atom. The van der Waals surface area contributed by atoms with Gasteiger partial charge in [-0.05, 0) is 41.9 Å². The molecule has 2 atom stereocenters.